The molecule has 5 rings (SSSR count). The number of anilines is 1. The molecular formula is C26H21FN2O5S. The first-order chi connectivity index (χ1) is 16.7. The molecule has 0 N–H and O–H groups in total. The number of esters is 1. The normalized spacial score (nSPS) is 15.1. The van der Waals surface area contributed by atoms with Gasteiger partial charge in [-0.05, 0) is 68.7 Å². The van der Waals surface area contributed by atoms with Crippen molar-refractivity contribution in [2.24, 2.45) is 0 Å². The number of aryl methyl sites for hydroxylation is 3. The van der Waals surface area contributed by atoms with Gasteiger partial charge in [0.1, 0.15) is 16.3 Å². The Hall–Kier alpha value is -3.85. The molecule has 3 heterocycles. The predicted octanol–water partition coefficient (Wildman–Crippen LogP) is 5.24. The first-order valence-corrected chi connectivity index (χ1v) is 11.8. The molecule has 0 saturated carbocycles. The summed E-state index contributed by atoms with van der Waals surface area (Å²) >= 11 is 0.997. The fourth-order valence-corrected chi connectivity index (χ4v) is 5.24. The molecule has 9 heteroatoms. The lowest BCUT2D eigenvalue weighted by Gasteiger charge is -2.22. The Kier molecular flexibility index (Phi) is 5.52. The Morgan fingerprint density at radius 1 is 1.14 bits per heavy atom. The van der Waals surface area contributed by atoms with Crippen molar-refractivity contribution in [2.45, 2.75) is 33.7 Å². The second-order valence-electron chi connectivity index (χ2n) is 8.37. The molecule has 0 radical (unpaired) electrons. The van der Waals surface area contributed by atoms with Gasteiger partial charge in [-0.3, -0.25) is 14.5 Å². The molecule has 2 aromatic heterocycles. The molecule has 7 nitrogen and oxygen atoms in total. The van der Waals surface area contributed by atoms with E-state index in [1.54, 1.807) is 26.0 Å². The van der Waals surface area contributed by atoms with Crippen LogP contribution >= 0.6 is 11.3 Å². The Morgan fingerprint density at radius 2 is 1.83 bits per heavy atom. The van der Waals surface area contributed by atoms with Gasteiger partial charge in [0.15, 0.2) is 10.6 Å². The van der Waals surface area contributed by atoms with E-state index in [2.05, 4.69) is 4.98 Å². The molecule has 178 valence electrons. The zero-order chi connectivity index (χ0) is 25.0. The largest absolute Gasteiger partial charge is 0.462 e. The molecule has 4 aromatic rings. The number of benzene rings is 2. The highest BCUT2D eigenvalue weighted by molar-refractivity contribution is 7.17. The second kappa shape index (κ2) is 8.42. The Labute approximate surface area is 203 Å². The number of carbonyl (C=O) groups excluding carboxylic acids is 2. The number of thiazole rings is 1. The van der Waals surface area contributed by atoms with Gasteiger partial charge in [0, 0.05) is 0 Å². The van der Waals surface area contributed by atoms with E-state index in [9.17, 15) is 18.8 Å². The van der Waals surface area contributed by atoms with Crippen LogP contribution in [-0.2, 0) is 4.74 Å². The molecule has 0 unspecified atom stereocenters. The molecule has 0 bridgehead atoms. The zero-order valence-corrected chi connectivity index (χ0v) is 20.3. The van der Waals surface area contributed by atoms with Crippen molar-refractivity contribution in [2.75, 3.05) is 11.5 Å². The molecule has 1 amide bonds. The van der Waals surface area contributed by atoms with Crippen LogP contribution in [0.15, 0.2) is 45.6 Å². The standard InChI is InChI=1S/C26H21FN2O5S/c1-5-33-25(32)23-14(4)28-26(35-23)29-20(15-6-8-16(27)9-7-15)19-21(30)17-10-12(2)13(3)11-18(17)34-22(19)24(29)31/h6-11,20H,5H2,1-4H3/t20-/m1/s1. The number of aromatic nitrogens is 1. The van der Waals surface area contributed by atoms with E-state index >= 15 is 0 Å². The van der Waals surface area contributed by atoms with Crippen LogP contribution in [0.5, 0.6) is 0 Å². The maximum absolute atomic E-state index is 13.7. The summed E-state index contributed by atoms with van der Waals surface area (Å²) in [4.78, 5) is 45.8. The van der Waals surface area contributed by atoms with E-state index in [0.717, 1.165) is 22.5 Å². The van der Waals surface area contributed by atoms with Crippen molar-refractivity contribution in [1.29, 1.82) is 0 Å². The van der Waals surface area contributed by atoms with Gasteiger partial charge >= 0.3 is 5.97 Å². The van der Waals surface area contributed by atoms with Gasteiger partial charge in [-0.2, -0.15) is 0 Å². The third-order valence-electron chi connectivity index (χ3n) is 6.12. The molecule has 1 aliphatic rings. The topological polar surface area (TPSA) is 89.7 Å². The summed E-state index contributed by atoms with van der Waals surface area (Å²) < 4.78 is 24.8. The Balaban J connectivity index is 1.76. The second-order valence-corrected chi connectivity index (χ2v) is 9.34. The lowest BCUT2D eigenvalue weighted by atomic mass is 9.97. The maximum atomic E-state index is 13.7. The molecule has 0 fully saturated rings. The SMILES string of the molecule is CCOC(=O)c1sc(N2C(=O)c3oc4cc(C)c(C)cc4c(=O)c3[C@H]2c2ccc(F)cc2)nc1C. The van der Waals surface area contributed by atoms with Gasteiger partial charge in [0.2, 0.25) is 5.76 Å². The molecule has 1 aliphatic heterocycles. The number of halogens is 1. The van der Waals surface area contributed by atoms with Crippen LogP contribution in [0.25, 0.3) is 11.0 Å². The van der Waals surface area contributed by atoms with Crippen molar-refractivity contribution in [1.82, 2.24) is 4.98 Å². The maximum Gasteiger partial charge on any atom is 0.350 e. The van der Waals surface area contributed by atoms with E-state index in [1.807, 2.05) is 13.8 Å². The number of ether oxygens (including phenoxy) is 1. The van der Waals surface area contributed by atoms with Crippen LogP contribution in [0.1, 0.15) is 61.1 Å². The third kappa shape index (κ3) is 3.63. The van der Waals surface area contributed by atoms with E-state index in [1.165, 1.54) is 29.2 Å². The average Bonchev–Trinajstić information content (AvgIpc) is 3.34. The number of carbonyl (C=O) groups is 2. The minimum atomic E-state index is -0.902. The van der Waals surface area contributed by atoms with E-state index < -0.39 is 23.7 Å². The van der Waals surface area contributed by atoms with Crippen LogP contribution in [0.2, 0.25) is 0 Å². The number of fused-ring (bicyclic) bond motifs is 2. The van der Waals surface area contributed by atoms with Gasteiger partial charge in [0.05, 0.1) is 29.3 Å². The number of hydrogen-bond acceptors (Lipinski definition) is 7. The summed E-state index contributed by atoms with van der Waals surface area (Å²) in [7, 11) is 0. The third-order valence-corrected chi connectivity index (χ3v) is 7.26. The van der Waals surface area contributed by atoms with Crippen LogP contribution < -0.4 is 10.3 Å². The zero-order valence-electron chi connectivity index (χ0n) is 19.5. The van der Waals surface area contributed by atoms with E-state index in [-0.39, 0.29) is 33.4 Å². The highest BCUT2D eigenvalue weighted by Crippen LogP contribution is 2.43. The van der Waals surface area contributed by atoms with Gasteiger partial charge in [-0.1, -0.05) is 23.5 Å². The number of hydrogen-bond donors (Lipinski definition) is 0. The molecule has 0 aliphatic carbocycles. The van der Waals surface area contributed by atoms with Crippen LogP contribution in [0, 0.1) is 26.6 Å². The van der Waals surface area contributed by atoms with E-state index in [0.29, 0.717) is 22.2 Å². The lowest BCUT2D eigenvalue weighted by molar-refractivity contribution is 0.0531. The first-order valence-electron chi connectivity index (χ1n) is 11.0. The average molecular weight is 493 g/mol. The van der Waals surface area contributed by atoms with Crippen LogP contribution in [0.3, 0.4) is 0 Å². The highest BCUT2D eigenvalue weighted by atomic mass is 32.1. The van der Waals surface area contributed by atoms with Crippen molar-refractivity contribution < 1.29 is 23.1 Å². The molecular weight excluding hydrogens is 471 g/mol. The van der Waals surface area contributed by atoms with Crippen molar-refractivity contribution in [3.8, 4) is 0 Å². The Bertz CT molecular complexity index is 1570. The van der Waals surface area contributed by atoms with Gasteiger partial charge < -0.3 is 9.15 Å². The molecule has 35 heavy (non-hydrogen) atoms. The van der Waals surface area contributed by atoms with E-state index in [4.69, 9.17) is 9.15 Å². The van der Waals surface area contributed by atoms with Crippen LogP contribution in [0.4, 0.5) is 9.52 Å². The smallest absolute Gasteiger partial charge is 0.350 e. The fraction of sp³-hybridized carbons (Fsp3) is 0.231. The van der Waals surface area contributed by atoms with Crippen molar-refractivity contribution >= 4 is 39.3 Å². The highest BCUT2D eigenvalue weighted by Gasteiger charge is 2.45. The predicted molar refractivity (Wildman–Crippen MR) is 130 cm³/mol. The summed E-state index contributed by atoms with van der Waals surface area (Å²) in [5, 5.41) is 0.572. The number of rotatable bonds is 4. The van der Waals surface area contributed by atoms with Gasteiger partial charge in [-0.15, -0.1) is 0 Å². The lowest BCUT2D eigenvalue weighted by Crippen LogP contribution is -2.29. The van der Waals surface area contributed by atoms with Crippen molar-refractivity contribution in [3.63, 3.8) is 0 Å². The molecule has 2 aromatic carbocycles. The molecule has 0 saturated heterocycles. The summed E-state index contributed by atoms with van der Waals surface area (Å²) in [5.41, 5.74) is 2.88. The minimum absolute atomic E-state index is 0.0920. The molecule has 0 spiro atoms. The summed E-state index contributed by atoms with van der Waals surface area (Å²) in [5.74, 6) is -1.64. The molecule has 1 atom stereocenters. The van der Waals surface area contributed by atoms with Gasteiger partial charge in [-0.25, -0.2) is 14.2 Å². The Morgan fingerprint density at radius 3 is 2.51 bits per heavy atom. The van der Waals surface area contributed by atoms with Gasteiger partial charge in [0.25, 0.3) is 5.91 Å². The van der Waals surface area contributed by atoms with Crippen molar-refractivity contribution in [3.05, 3.63) is 91.0 Å². The van der Waals surface area contributed by atoms with Crippen LogP contribution in [-0.4, -0.2) is 23.5 Å². The summed E-state index contributed by atoms with van der Waals surface area (Å²) in [6.45, 7) is 7.34. The monoisotopic (exact) mass is 492 g/mol. The summed E-state index contributed by atoms with van der Waals surface area (Å²) in [6.07, 6.45) is 0. The first kappa shape index (κ1) is 22.9. The quantitative estimate of drug-likeness (QED) is 0.362. The minimum Gasteiger partial charge on any atom is -0.462 e. The summed E-state index contributed by atoms with van der Waals surface area (Å²) in [6, 6.07) is 8.16. The number of amides is 1. The number of nitrogens with zero attached hydrogens (tertiary/aromatic N) is 2. The fourth-order valence-electron chi connectivity index (χ4n) is 4.26.